The van der Waals surface area contributed by atoms with E-state index >= 15 is 0 Å². The zero-order valence-electron chi connectivity index (χ0n) is 34.6. The maximum absolute atomic E-state index is 14.3. The fourth-order valence-corrected chi connectivity index (χ4v) is 13.5. The highest BCUT2D eigenvalue weighted by Gasteiger charge is 2.58. The van der Waals surface area contributed by atoms with Gasteiger partial charge in [-0.25, -0.2) is 0 Å². The van der Waals surface area contributed by atoms with Gasteiger partial charge in [0.2, 0.25) is 11.8 Å². The number of aliphatic hydroxyl groups excluding tert-OH is 2. The molecule has 6 aliphatic carbocycles. The van der Waals surface area contributed by atoms with Gasteiger partial charge < -0.3 is 30.3 Å². The molecule has 4 N–H and O–H groups in total. The highest BCUT2D eigenvalue weighted by molar-refractivity contribution is 5.83. The second-order valence-electron chi connectivity index (χ2n) is 20.5. The Hall–Kier alpha value is -1.30. The van der Waals surface area contributed by atoms with E-state index in [1.165, 1.54) is 38.5 Å². The molecule has 8 rings (SSSR count). The molecule has 8 aliphatic rings. The number of nitrogens with one attached hydrogen (secondary N) is 2. The minimum atomic E-state index is -0.824. The van der Waals surface area contributed by atoms with Gasteiger partial charge in [0.15, 0.2) is 0 Å². The van der Waals surface area contributed by atoms with Crippen molar-refractivity contribution in [1.29, 1.82) is 0 Å². The molecule has 8 fully saturated rings. The van der Waals surface area contributed by atoms with Crippen LogP contribution >= 0.6 is 0 Å². The second-order valence-corrected chi connectivity index (χ2v) is 20.5. The maximum Gasteiger partial charge on any atom is 0.240 e. The summed E-state index contributed by atoms with van der Waals surface area (Å²) in [5.41, 5.74) is 0.0809. The second kappa shape index (κ2) is 16.5. The van der Waals surface area contributed by atoms with Crippen LogP contribution in [0.2, 0.25) is 0 Å². The Labute approximate surface area is 325 Å². The van der Waals surface area contributed by atoms with Crippen molar-refractivity contribution in [3.8, 4) is 0 Å². The Kier molecular flexibility index (Phi) is 12.5. The van der Waals surface area contributed by atoms with Crippen LogP contribution < -0.4 is 10.6 Å². The number of nitrogens with zero attached hydrogens (tertiary/aromatic N) is 1. The molecule has 0 aromatic heterocycles. The Morgan fingerprint density at radius 1 is 0.963 bits per heavy atom. The molecule has 54 heavy (non-hydrogen) atoms. The summed E-state index contributed by atoms with van der Waals surface area (Å²) in [6.07, 6.45) is 14.1. The zero-order chi connectivity index (χ0) is 38.5. The highest BCUT2D eigenvalue weighted by Crippen LogP contribution is 2.61. The number of ether oxygens (including phenoxy) is 2. The van der Waals surface area contributed by atoms with Gasteiger partial charge in [0.25, 0.3) is 0 Å². The first kappa shape index (κ1) is 40.9. The first-order chi connectivity index (χ1) is 25.7. The third kappa shape index (κ3) is 8.05. The molecule has 2 aliphatic heterocycles. The molecule has 10 nitrogen and oxygen atoms in total. The number of hydrogen-bond acceptors (Lipinski definition) is 8. The largest absolute Gasteiger partial charge is 0.394 e. The Bertz CT molecular complexity index is 1300. The lowest BCUT2D eigenvalue weighted by molar-refractivity contribution is -0.193. The Morgan fingerprint density at radius 3 is 2.39 bits per heavy atom. The average molecular weight is 758 g/mol. The lowest BCUT2D eigenvalue weighted by Crippen LogP contribution is -2.62. The van der Waals surface area contributed by atoms with Gasteiger partial charge in [-0.3, -0.25) is 14.4 Å². The van der Waals surface area contributed by atoms with Gasteiger partial charge in [-0.1, -0.05) is 59.3 Å². The summed E-state index contributed by atoms with van der Waals surface area (Å²) in [6.45, 7) is 14.1. The van der Waals surface area contributed by atoms with Crippen LogP contribution in [0.3, 0.4) is 0 Å². The predicted molar refractivity (Wildman–Crippen MR) is 208 cm³/mol. The third-order valence-corrected chi connectivity index (χ3v) is 16.5. The van der Waals surface area contributed by atoms with Crippen LogP contribution in [0.25, 0.3) is 0 Å². The first-order valence-corrected chi connectivity index (χ1v) is 22.2. The van der Waals surface area contributed by atoms with E-state index in [4.69, 9.17) is 14.3 Å². The van der Waals surface area contributed by atoms with E-state index < -0.39 is 24.2 Å². The maximum atomic E-state index is 14.3. The van der Waals surface area contributed by atoms with Crippen molar-refractivity contribution in [1.82, 2.24) is 15.7 Å². The molecule has 0 spiro atoms. The first-order valence-electron chi connectivity index (χ1n) is 22.2. The van der Waals surface area contributed by atoms with Gasteiger partial charge >= 0.3 is 0 Å². The summed E-state index contributed by atoms with van der Waals surface area (Å²) < 4.78 is 13.1. The van der Waals surface area contributed by atoms with Crippen LogP contribution in [0, 0.1) is 64.6 Å². The molecule has 2 amide bonds. The molecule has 0 radical (unpaired) electrons. The lowest BCUT2D eigenvalue weighted by Gasteiger charge is -2.62. The fraction of sp³-hybridized carbons (Fsp3) is 0.955. The van der Waals surface area contributed by atoms with E-state index in [2.05, 4.69) is 45.3 Å². The standard InChI is InChI=1S/C44H75N3O7/c1-25-34-20-31(44(34,5)6)21-35(25)46-42(51)38-37(26(2)49)36(24-48)54-47(38)23-28-14-11-15-32(39(28)52-7)29-18-30-22-43(3,4)53-40(30)33(19-29)41(50)45-17-16-27-12-9-8-10-13-27/h25-40,48-49H,8-24H2,1-7H3,(H,45,50)(H,46,51)/t25-,26-,28?,29?,30?,31?,32?,33?,34-,35-,36-,37-,38-,39?,40?/m0/s1. The van der Waals surface area contributed by atoms with E-state index in [1.54, 1.807) is 12.0 Å². The summed E-state index contributed by atoms with van der Waals surface area (Å²) in [6, 6.07) is -0.602. The lowest BCUT2D eigenvalue weighted by atomic mass is 9.45. The van der Waals surface area contributed by atoms with Crippen molar-refractivity contribution in [3.63, 3.8) is 0 Å². The van der Waals surface area contributed by atoms with Crippen molar-refractivity contribution in [2.75, 3.05) is 26.8 Å². The SMILES string of the molecule is COC1C(CN2O[C@@H](CO)[C@H]([C@H](C)O)[C@H]2C(=O)N[C@H]2CC3C[C@@H]([C@@H]2C)C3(C)C)CCCC1C1CC2CC(C)(C)OC2C(C(=O)NCCC2CCCCC2)C1. The summed E-state index contributed by atoms with van der Waals surface area (Å²) in [4.78, 5) is 34.8. The molecular weight excluding hydrogens is 682 g/mol. The number of carbonyl (C=O) groups is 2. The van der Waals surface area contributed by atoms with E-state index in [0.29, 0.717) is 41.5 Å². The van der Waals surface area contributed by atoms with Gasteiger partial charge in [-0.05, 0) is 119 Å². The topological polar surface area (TPSA) is 130 Å². The molecule has 10 heteroatoms. The molecule has 0 aromatic carbocycles. The number of hydroxylamine groups is 2. The number of carbonyl (C=O) groups excluding carboxylic acids is 2. The minimum Gasteiger partial charge on any atom is -0.394 e. The van der Waals surface area contributed by atoms with Crippen LogP contribution in [-0.4, -0.2) is 96.0 Å². The average Bonchev–Trinajstić information content (AvgIpc) is 3.67. The van der Waals surface area contributed by atoms with Crippen LogP contribution in [0.5, 0.6) is 0 Å². The number of hydrogen-bond donors (Lipinski definition) is 4. The van der Waals surface area contributed by atoms with Gasteiger partial charge in [0.05, 0.1) is 36.4 Å². The highest BCUT2D eigenvalue weighted by atomic mass is 16.7. The molecular formula is C44H75N3O7. The van der Waals surface area contributed by atoms with Crippen LogP contribution in [0.1, 0.15) is 131 Å². The van der Waals surface area contributed by atoms with Crippen molar-refractivity contribution in [2.24, 2.45) is 64.6 Å². The van der Waals surface area contributed by atoms with E-state index in [1.807, 2.05) is 7.11 Å². The quantitative estimate of drug-likeness (QED) is 0.195. The molecule has 0 aromatic rings. The van der Waals surface area contributed by atoms with E-state index in [0.717, 1.165) is 63.8 Å². The third-order valence-electron chi connectivity index (χ3n) is 16.5. The molecule has 2 heterocycles. The molecule has 2 bridgehead atoms. The van der Waals surface area contributed by atoms with Crippen molar-refractivity contribution < 1.29 is 34.1 Å². The molecule has 308 valence electrons. The van der Waals surface area contributed by atoms with Crippen LogP contribution in [-0.2, 0) is 23.9 Å². The molecule has 15 atom stereocenters. The van der Waals surface area contributed by atoms with Crippen molar-refractivity contribution in [2.45, 2.75) is 174 Å². The number of rotatable bonds is 12. The zero-order valence-corrected chi connectivity index (χ0v) is 34.6. The van der Waals surface area contributed by atoms with Crippen LogP contribution in [0.15, 0.2) is 0 Å². The van der Waals surface area contributed by atoms with E-state index in [-0.39, 0.29) is 60.0 Å². The number of aliphatic hydroxyl groups is 2. The molecule has 2 saturated heterocycles. The molecule has 8 unspecified atom stereocenters. The Morgan fingerprint density at radius 2 is 1.72 bits per heavy atom. The number of amides is 2. The normalized spacial score (nSPS) is 43.9. The summed E-state index contributed by atoms with van der Waals surface area (Å²) in [7, 11) is 1.82. The molecule has 6 saturated carbocycles. The van der Waals surface area contributed by atoms with Gasteiger partial charge in [-0.15, -0.1) is 0 Å². The van der Waals surface area contributed by atoms with Gasteiger partial charge in [0.1, 0.15) is 12.1 Å². The Balaban J connectivity index is 1.05. The fourth-order valence-electron chi connectivity index (χ4n) is 13.5. The smallest absolute Gasteiger partial charge is 0.240 e. The number of fused-ring (bicyclic) bond motifs is 3. The van der Waals surface area contributed by atoms with Crippen molar-refractivity contribution >= 4 is 11.8 Å². The monoisotopic (exact) mass is 758 g/mol. The predicted octanol–water partition coefficient (Wildman–Crippen LogP) is 5.87. The van der Waals surface area contributed by atoms with Gasteiger partial charge in [0, 0.05) is 38.1 Å². The number of methoxy groups -OCH3 is 1. The minimum absolute atomic E-state index is 0.0414. The van der Waals surface area contributed by atoms with Crippen LogP contribution in [0.4, 0.5) is 0 Å². The summed E-state index contributed by atoms with van der Waals surface area (Å²) in [5, 5.41) is 30.0. The van der Waals surface area contributed by atoms with Crippen molar-refractivity contribution in [3.05, 3.63) is 0 Å². The van der Waals surface area contributed by atoms with E-state index in [9.17, 15) is 19.8 Å². The van der Waals surface area contributed by atoms with Gasteiger partial charge in [-0.2, -0.15) is 5.06 Å². The summed E-state index contributed by atoms with van der Waals surface area (Å²) in [5.74, 6) is 2.75. The summed E-state index contributed by atoms with van der Waals surface area (Å²) >= 11 is 0.